The summed E-state index contributed by atoms with van der Waals surface area (Å²) in [6, 6.07) is 12.7. The maximum Gasteiger partial charge on any atom is 0.340 e. The highest BCUT2D eigenvalue weighted by Crippen LogP contribution is 2.21. The molecule has 1 heterocycles. The van der Waals surface area contributed by atoms with Crippen molar-refractivity contribution in [3.05, 3.63) is 60.4 Å². The van der Waals surface area contributed by atoms with Gasteiger partial charge in [-0.3, -0.25) is 0 Å². The summed E-state index contributed by atoms with van der Waals surface area (Å²) in [6.07, 6.45) is 3.26. The van der Waals surface area contributed by atoms with E-state index in [4.69, 9.17) is 9.47 Å². The lowest BCUT2D eigenvalue weighted by Gasteiger charge is -2.09. The van der Waals surface area contributed by atoms with Crippen molar-refractivity contribution in [2.75, 3.05) is 19.0 Å². The number of anilines is 1. The number of carbonyl (C=O) groups excluding carboxylic acids is 1. The minimum absolute atomic E-state index is 0.309. The smallest absolute Gasteiger partial charge is 0.340 e. The van der Waals surface area contributed by atoms with Crippen LogP contribution in [0.2, 0.25) is 0 Å². The molecule has 0 unspecified atom stereocenters. The molecule has 5 heteroatoms. The number of aromatic nitrogens is 1. The molecule has 5 nitrogen and oxygen atoms in total. The number of rotatable bonds is 6. The third-order valence-corrected chi connectivity index (χ3v) is 2.91. The van der Waals surface area contributed by atoms with Crippen LogP contribution < -0.4 is 10.1 Å². The minimum Gasteiger partial charge on any atom is -0.497 e. The van der Waals surface area contributed by atoms with Gasteiger partial charge < -0.3 is 14.8 Å². The Balaban J connectivity index is 2.31. The van der Waals surface area contributed by atoms with E-state index in [0.29, 0.717) is 29.3 Å². The predicted molar refractivity (Wildman–Crippen MR) is 85.5 cm³/mol. The fraction of sp³-hybridized carbons (Fsp3) is 0.176. The third-order valence-electron chi connectivity index (χ3n) is 2.91. The number of hydrogen-bond acceptors (Lipinski definition) is 5. The number of nitrogens with zero attached hydrogens (tertiary/aromatic N) is 1. The molecule has 22 heavy (non-hydrogen) atoms. The number of hydrogen-bond donors (Lipinski definition) is 1. The first-order valence-corrected chi connectivity index (χ1v) is 6.94. The van der Waals surface area contributed by atoms with Gasteiger partial charge in [0.05, 0.1) is 19.3 Å². The molecule has 0 saturated carbocycles. The minimum atomic E-state index is -0.404. The molecule has 0 aliphatic carbocycles. The van der Waals surface area contributed by atoms with Gasteiger partial charge in [-0.05, 0) is 36.8 Å². The van der Waals surface area contributed by atoms with Crippen LogP contribution in [-0.2, 0) is 9.53 Å². The molecule has 0 radical (unpaired) electrons. The van der Waals surface area contributed by atoms with E-state index in [1.807, 2.05) is 36.4 Å². The Hall–Kier alpha value is -2.82. The molecule has 114 valence electrons. The summed E-state index contributed by atoms with van der Waals surface area (Å²) < 4.78 is 10.3. The fourth-order valence-corrected chi connectivity index (χ4v) is 1.85. The first kappa shape index (κ1) is 15.6. The van der Waals surface area contributed by atoms with Crippen LogP contribution in [0.4, 0.5) is 5.82 Å². The van der Waals surface area contributed by atoms with Gasteiger partial charge in [0, 0.05) is 12.4 Å². The van der Waals surface area contributed by atoms with Crippen molar-refractivity contribution in [1.29, 1.82) is 0 Å². The van der Waals surface area contributed by atoms with Gasteiger partial charge in [-0.15, -0.1) is 0 Å². The summed E-state index contributed by atoms with van der Waals surface area (Å²) in [5, 5.41) is 3.01. The number of esters is 1. The second-order valence-electron chi connectivity index (χ2n) is 4.37. The molecule has 0 bridgehead atoms. The summed E-state index contributed by atoms with van der Waals surface area (Å²) in [5.41, 5.74) is 1.12. The van der Waals surface area contributed by atoms with Gasteiger partial charge >= 0.3 is 5.97 Å². The zero-order valence-corrected chi connectivity index (χ0v) is 12.6. The first-order chi connectivity index (χ1) is 10.7. The number of pyridine rings is 1. The zero-order chi connectivity index (χ0) is 15.8. The largest absolute Gasteiger partial charge is 0.497 e. The average Bonchev–Trinajstić information content (AvgIpc) is 2.56. The molecule has 1 aromatic heterocycles. The van der Waals surface area contributed by atoms with Gasteiger partial charge in [-0.2, -0.15) is 0 Å². The Bertz CT molecular complexity index is 654. The lowest BCUT2D eigenvalue weighted by atomic mass is 10.1. The number of carbonyl (C=O) groups is 1. The number of nitrogens with one attached hydrogen (secondary N) is 1. The van der Waals surface area contributed by atoms with E-state index in [-0.39, 0.29) is 0 Å². The highest BCUT2D eigenvalue weighted by molar-refractivity contribution is 6.16. The lowest BCUT2D eigenvalue weighted by Crippen LogP contribution is -2.09. The van der Waals surface area contributed by atoms with Crippen LogP contribution in [0.15, 0.2) is 54.9 Å². The van der Waals surface area contributed by atoms with E-state index in [9.17, 15) is 4.79 Å². The highest BCUT2D eigenvalue weighted by atomic mass is 16.5. The molecule has 1 aromatic carbocycles. The fourth-order valence-electron chi connectivity index (χ4n) is 1.85. The van der Waals surface area contributed by atoms with Crippen LogP contribution in [0.25, 0.3) is 5.57 Å². The SMILES string of the molecule is CCOC(=O)/C(=C/Nc1ccccn1)c1cccc(OC)c1. The first-order valence-electron chi connectivity index (χ1n) is 6.94. The predicted octanol–water partition coefficient (Wildman–Crippen LogP) is 3.11. The molecule has 2 aromatic rings. The van der Waals surface area contributed by atoms with Crippen LogP contribution in [0.5, 0.6) is 5.75 Å². The number of ether oxygens (including phenoxy) is 2. The van der Waals surface area contributed by atoms with Crippen molar-refractivity contribution >= 4 is 17.4 Å². The van der Waals surface area contributed by atoms with Crippen molar-refractivity contribution in [3.63, 3.8) is 0 Å². The second-order valence-corrected chi connectivity index (χ2v) is 4.37. The summed E-state index contributed by atoms with van der Waals surface area (Å²) in [7, 11) is 1.58. The standard InChI is InChI=1S/C17H18N2O3/c1-3-22-17(20)15(12-19-16-9-4-5-10-18-16)13-7-6-8-14(11-13)21-2/h4-12H,3H2,1-2H3,(H,18,19)/b15-12+. The van der Waals surface area contributed by atoms with Crippen LogP contribution >= 0.6 is 0 Å². The van der Waals surface area contributed by atoms with Gasteiger partial charge in [0.15, 0.2) is 0 Å². The second kappa shape index (κ2) is 7.83. The highest BCUT2D eigenvalue weighted by Gasteiger charge is 2.14. The molecule has 0 atom stereocenters. The Morgan fingerprint density at radius 1 is 1.27 bits per heavy atom. The Labute approximate surface area is 129 Å². The molecule has 0 spiro atoms. The number of benzene rings is 1. The monoisotopic (exact) mass is 298 g/mol. The molecule has 0 aliphatic heterocycles. The van der Waals surface area contributed by atoms with E-state index in [2.05, 4.69) is 10.3 Å². The molecule has 0 aliphatic rings. The molecular formula is C17H18N2O3. The van der Waals surface area contributed by atoms with Gasteiger partial charge in [0.25, 0.3) is 0 Å². The van der Waals surface area contributed by atoms with Crippen LogP contribution in [0, 0.1) is 0 Å². The van der Waals surface area contributed by atoms with Gasteiger partial charge in [0.1, 0.15) is 11.6 Å². The third kappa shape index (κ3) is 4.09. The Morgan fingerprint density at radius 3 is 2.82 bits per heavy atom. The van der Waals surface area contributed by atoms with Crippen LogP contribution in [0.3, 0.4) is 0 Å². The molecule has 0 fully saturated rings. The maximum atomic E-state index is 12.2. The van der Waals surface area contributed by atoms with Crippen LogP contribution in [0.1, 0.15) is 12.5 Å². The van der Waals surface area contributed by atoms with Crippen molar-refractivity contribution < 1.29 is 14.3 Å². The Kier molecular flexibility index (Phi) is 5.54. The summed E-state index contributed by atoms with van der Waals surface area (Å²) >= 11 is 0. The van der Waals surface area contributed by atoms with Gasteiger partial charge in [-0.25, -0.2) is 9.78 Å². The molecule has 2 rings (SSSR count). The van der Waals surface area contributed by atoms with Gasteiger partial charge in [0.2, 0.25) is 0 Å². The quantitative estimate of drug-likeness (QED) is 0.656. The van der Waals surface area contributed by atoms with E-state index in [1.165, 1.54) is 0 Å². The van der Waals surface area contributed by atoms with Crippen molar-refractivity contribution in [1.82, 2.24) is 4.98 Å². The van der Waals surface area contributed by atoms with Gasteiger partial charge in [-0.1, -0.05) is 18.2 Å². The zero-order valence-electron chi connectivity index (χ0n) is 12.6. The van der Waals surface area contributed by atoms with Crippen molar-refractivity contribution in [3.8, 4) is 5.75 Å². The van der Waals surface area contributed by atoms with E-state index in [0.717, 1.165) is 0 Å². The van der Waals surface area contributed by atoms with Crippen molar-refractivity contribution in [2.24, 2.45) is 0 Å². The topological polar surface area (TPSA) is 60.5 Å². The van der Waals surface area contributed by atoms with Crippen LogP contribution in [-0.4, -0.2) is 24.7 Å². The summed E-state index contributed by atoms with van der Waals surface area (Å²) in [6.45, 7) is 2.08. The molecule has 0 saturated heterocycles. The van der Waals surface area contributed by atoms with E-state index >= 15 is 0 Å². The molecule has 1 N–H and O–H groups in total. The summed E-state index contributed by atoms with van der Waals surface area (Å²) in [4.78, 5) is 16.3. The maximum absolute atomic E-state index is 12.2. The Morgan fingerprint density at radius 2 is 2.14 bits per heavy atom. The molecule has 0 amide bonds. The number of methoxy groups -OCH3 is 1. The summed E-state index contributed by atoms with van der Waals surface area (Å²) in [5.74, 6) is 0.914. The average molecular weight is 298 g/mol. The van der Waals surface area contributed by atoms with Crippen molar-refractivity contribution in [2.45, 2.75) is 6.92 Å². The normalized spacial score (nSPS) is 10.9. The van der Waals surface area contributed by atoms with E-state index in [1.54, 1.807) is 32.5 Å². The van der Waals surface area contributed by atoms with E-state index < -0.39 is 5.97 Å². The lowest BCUT2D eigenvalue weighted by molar-refractivity contribution is -0.136. The molecular weight excluding hydrogens is 280 g/mol.